The smallest absolute Gasteiger partial charge is 0.293 e. The lowest BCUT2D eigenvalue weighted by molar-refractivity contribution is 0.0992. The molecule has 0 spiro atoms. The van der Waals surface area contributed by atoms with E-state index in [9.17, 15) is 4.79 Å². The Labute approximate surface area is 158 Å². The van der Waals surface area contributed by atoms with E-state index in [-0.39, 0.29) is 18.3 Å². The number of benzene rings is 2. The summed E-state index contributed by atoms with van der Waals surface area (Å²) in [5, 5.41) is 3.82. The largest absolute Gasteiger partial charge is 0.486 e. The molecular weight excluding hydrogens is 372 g/mol. The molecule has 7 heteroatoms. The van der Waals surface area contributed by atoms with E-state index >= 15 is 0 Å². The van der Waals surface area contributed by atoms with Gasteiger partial charge in [-0.25, -0.2) is 4.98 Å². The number of rotatable bonds is 5. The number of furan rings is 1. The van der Waals surface area contributed by atoms with Crippen LogP contribution in [0.15, 0.2) is 65.1 Å². The van der Waals surface area contributed by atoms with Crippen molar-refractivity contribution in [1.82, 2.24) is 4.98 Å². The van der Waals surface area contributed by atoms with Crippen molar-refractivity contribution in [3.8, 4) is 5.75 Å². The molecule has 2 heterocycles. The molecule has 0 radical (unpaired) electrons. The van der Waals surface area contributed by atoms with Crippen LogP contribution >= 0.6 is 22.9 Å². The number of carbonyl (C=O) groups is 1. The number of hydrogen-bond donors (Lipinski definition) is 1. The molecule has 130 valence electrons. The molecular formula is C19H13ClN2O3S. The number of aromatic nitrogens is 1. The van der Waals surface area contributed by atoms with E-state index in [1.807, 2.05) is 42.5 Å². The van der Waals surface area contributed by atoms with Crippen molar-refractivity contribution < 1.29 is 13.9 Å². The fourth-order valence-electron chi connectivity index (χ4n) is 2.38. The third-order valence-electron chi connectivity index (χ3n) is 3.60. The van der Waals surface area contributed by atoms with Gasteiger partial charge in [0.25, 0.3) is 5.91 Å². The lowest BCUT2D eigenvalue weighted by atomic mass is 10.3. The Morgan fingerprint density at radius 2 is 1.96 bits per heavy atom. The molecule has 0 aliphatic heterocycles. The number of thiazole rings is 1. The first-order chi connectivity index (χ1) is 12.7. The zero-order valence-corrected chi connectivity index (χ0v) is 15.0. The summed E-state index contributed by atoms with van der Waals surface area (Å²) in [6.45, 7) is 0.244. The average molecular weight is 385 g/mol. The number of anilines is 1. The standard InChI is InChI=1S/C19H13ClN2O3S/c20-14-7-4-8-15-17(14)26-19(21-15)22-18(23)16-10-9-13(25-16)11-24-12-5-2-1-3-6-12/h1-10H,11H2,(H,21,22,23). The van der Waals surface area contributed by atoms with E-state index < -0.39 is 0 Å². The highest BCUT2D eigenvalue weighted by Gasteiger charge is 2.15. The normalized spacial score (nSPS) is 10.8. The fraction of sp³-hybridized carbons (Fsp3) is 0.0526. The van der Waals surface area contributed by atoms with Gasteiger partial charge in [-0.05, 0) is 36.4 Å². The van der Waals surface area contributed by atoms with Gasteiger partial charge in [0.05, 0.1) is 15.2 Å². The Morgan fingerprint density at radius 1 is 1.12 bits per heavy atom. The van der Waals surface area contributed by atoms with Crippen LogP contribution in [0.1, 0.15) is 16.3 Å². The van der Waals surface area contributed by atoms with E-state index in [0.29, 0.717) is 15.9 Å². The number of fused-ring (bicyclic) bond motifs is 1. The topological polar surface area (TPSA) is 64.4 Å². The molecule has 26 heavy (non-hydrogen) atoms. The Bertz CT molecular complexity index is 1060. The Kier molecular flexibility index (Phi) is 4.60. The minimum atomic E-state index is -0.369. The SMILES string of the molecule is O=C(Nc1nc2cccc(Cl)c2s1)c1ccc(COc2ccccc2)o1. The van der Waals surface area contributed by atoms with Crippen LogP contribution in [0.4, 0.5) is 5.13 Å². The van der Waals surface area contributed by atoms with Gasteiger partial charge in [0.2, 0.25) is 0 Å². The first-order valence-corrected chi connectivity index (χ1v) is 9.01. The summed E-state index contributed by atoms with van der Waals surface area (Å²) in [5.74, 6) is 1.13. The summed E-state index contributed by atoms with van der Waals surface area (Å²) < 4.78 is 12.0. The molecule has 4 rings (SSSR count). The van der Waals surface area contributed by atoms with Crippen LogP contribution in [0.3, 0.4) is 0 Å². The number of nitrogens with zero attached hydrogens (tertiary/aromatic N) is 1. The number of hydrogen-bond acceptors (Lipinski definition) is 5. The number of ether oxygens (including phenoxy) is 1. The van der Waals surface area contributed by atoms with Crippen molar-refractivity contribution in [2.75, 3.05) is 5.32 Å². The van der Waals surface area contributed by atoms with Crippen molar-refractivity contribution in [2.45, 2.75) is 6.61 Å². The van der Waals surface area contributed by atoms with Gasteiger partial charge in [0.15, 0.2) is 10.9 Å². The highest BCUT2D eigenvalue weighted by Crippen LogP contribution is 2.32. The Balaban J connectivity index is 1.43. The van der Waals surface area contributed by atoms with E-state index in [1.54, 1.807) is 18.2 Å². The molecule has 2 aromatic heterocycles. The van der Waals surface area contributed by atoms with Crippen LogP contribution in [0, 0.1) is 0 Å². The molecule has 0 atom stereocenters. The summed E-state index contributed by atoms with van der Waals surface area (Å²) in [4.78, 5) is 16.7. The third kappa shape index (κ3) is 3.56. The van der Waals surface area contributed by atoms with E-state index in [2.05, 4.69) is 10.3 Å². The zero-order valence-electron chi connectivity index (χ0n) is 13.4. The summed E-state index contributed by atoms with van der Waals surface area (Å²) in [6, 6.07) is 18.2. The van der Waals surface area contributed by atoms with E-state index in [1.165, 1.54) is 11.3 Å². The second kappa shape index (κ2) is 7.19. The lowest BCUT2D eigenvalue weighted by Crippen LogP contribution is -2.10. The molecule has 0 aliphatic carbocycles. The third-order valence-corrected chi connectivity index (χ3v) is 5.04. The van der Waals surface area contributed by atoms with Crippen LogP contribution in [0.2, 0.25) is 5.02 Å². The maximum Gasteiger partial charge on any atom is 0.293 e. The molecule has 0 aliphatic rings. The second-order valence-electron chi connectivity index (χ2n) is 5.43. The molecule has 1 N–H and O–H groups in total. The first kappa shape index (κ1) is 16.6. The Hall–Kier alpha value is -2.83. The molecule has 0 bridgehead atoms. The van der Waals surface area contributed by atoms with Crippen molar-refractivity contribution >= 4 is 44.2 Å². The Morgan fingerprint density at radius 3 is 2.77 bits per heavy atom. The van der Waals surface area contributed by atoms with Crippen molar-refractivity contribution in [1.29, 1.82) is 0 Å². The maximum absolute atomic E-state index is 12.4. The summed E-state index contributed by atoms with van der Waals surface area (Å²) >= 11 is 7.46. The molecule has 2 aromatic carbocycles. The molecule has 4 aromatic rings. The summed E-state index contributed by atoms with van der Waals surface area (Å²) in [6.07, 6.45) is 0. The second-order valence-corrected chi connectivity index (χ2v) is 6.84. The van der Waals surface area contributed by atoms with Crippen LogP contribution in [0.5, 0.6) is 5.75 Å². The van der Waals surface area contributed by atoms with Crippen molar-refractivity contribution in [2.24, 2.45) is 0 Å². The molecule has 0 saturated heterocycles. The highest BCUT2D eigenvalue weighted by atomic mass is 35.5. The van der Waals surface area contributed by atoms with Gasteiger partial charge in [-0.15, -0.1) is 0 Å². The monoisotopic (exact) mass is 384 g/mol. The average Bonchev–Trinajstić information content (AvgIpc) is 3.28. The van der Waals surface area contributed by atoms with Gasteiger partial charge < -0.3 is 9.15 Å². The predicted octanol–water partition coefficient (Wildman–Crippen LogP) is 5.37. The van der Waals surface area contributed by atoms with Crippen molar-refractivity contribution in [3.63, 3.8) is 0 Å². The van der Waals surface area contributed by atoms with Crippen LogP contribution in [-0.2, 0) is 6.61 Å². The quantitative estimate of drug-likeness (QED) is 0.502. The van der Waals surface area contributed by atoms with Crippen LogP contribution in [0.25, 0.3) is 10.2 Å². The van der Waals surface area contributed by atoms with Gasteiger partial charge in [-0.2, -0.15) is 0 Å². The fourth-order valence-corrected chi connectivity index (χ4v) is 3.53. The van der Waals surface area contributed by atoms with Gasteiger partial charge in [0.1, 0.15) is 18.1 Å². The predicted molar refractivity (Wildman–Crippen MR) is 102 cm³/mol. The van der Waals surface area contributed by atoms with Crippen LogP contribution < -0.4 is 10.1 Å². The minimum Gasteiger partial charge on any atom is -0.486 e. The summed E-state index contributed by atoms with van der Waals surface area (Å²) in [5.41, 5.74) is 0.745. The van der Waals surface area contributed by atoms with E-state index in [0.717, 1.165) is 16.0 Å². The molecule has 5 nitrogen and oxygen atoms in total. The van der Waals surface area contributed by atoms with Crippen LogP contribution in [-0.4, -0.2) is 10.9 Å². The number of amides is 1. The maximum atomic E-state index is 12.4. The van der Waals surface area contributed by atoms with Gasteiger partial charge in [-0.1, -0.05) is 47.2 Å². The van der Waals surface area contributed by atoms with E-state index in [4.69, 9.17) is 20.8 Å². The first-order valence-electron chi connectivity index (χ1n) is 7.82. The van der Waals surface area contributed by atoms with Crippen molar-refractivity contribution in [3.05, 3.63) is 77.2 Å². The van der Waals surface area contributed by atoms with Gasteiger partial charge in [-0.3, -0.25) is 10.1 Å². The zero-order chi connectivity index (χ0) is 17.9. The number of halogens is 1. The van der Waals surface area contributed by atoms with Gasteiger partial charge >= 0.3 is 0 Å². The highest BCUT2D eigenvalue weighted by molar-refractivity contribution is 7.23. The molecule has 0 saturated carbocycles. The molecule has 0 unspecified atom stereocenters. The summed E-state index contributed by atoms with van der Waals surface area (Å²) in [7, 11) is 0. The number of carbonyl (C=O) groups excluding carboxylic acids is 1. The number of nitrogens with one attached hydrogen (secondary N) is 1. The molecule has 0 fully saturated rings. The molecule has 1 amide bonds. The lowest BCUT2D eigenvalue weighted by Gasteiger charge is -2.03. The minimum absolute atomic E-state index is 0.196. The number of para-hydroxylation sites is 1. The van der Waals surface area contributed by atoms with Gasteiger partial charge in [0, 0.05) is 0 Å².